The minimum Gasteiger partial charge on any atom is -0.497 e. The molecule has 3 rings (SSSR count). The molecule has 4 nitrogen and oxygen atoms in total. The molecule has 0 aliphatic carbocycles. The van der Waals surface area contributed by atoms with Crippen LogP contribution < -0.4 is 4.74 Å². The molecule has 0 amide bonds. The number of nitrogens with zero attached hydrogens (tertiary/aromatic N) is 1. The summed E-state index contributed by atoms with van der Waals surface area (Å²) in [6, 6.07) is 15.0. The lowest BCUT2D eigenvalue weighted by atomic mass is 9.91. The van der Waals surface area contributed by atoms with Crippen LogP contribution in [0.25, 0.3) is 0 Å². The van der Waals surface area contributed by atoms with Crippen LogP contribution in [-0.4, -0.2) is 32.9 Å². The van der Waals surface area contributed by atoms with Crippen molar-refractivity contribution in [1.29, 1.82) is 0 Å². The predicted octanol–water partition coefficient (Wildman–Crippen LogP) is 3.57. The quantitative estimate of drug-likeness (QED) is 0.851. The second-order valence-electron chi connectivity index (χ2n) is 6.29. The maximum atomic E-state index is 12.9. The van der Waals surface area contributed by atoms with Gasteiger partial charge in [0.1, 0.15) is 5.75 Å². The molecule has 1 fully saturated rings. The molecule has 24 heavy (non-hydrogen) atoms. The van der Waals surface area contributed by atoms with Gasteiger partial charge < -0.3 is 4.74 Å². The Balaban J connectivity index is 1.83. The summed E-state index contributed by atoms with van der Waals surface area (Å²) in [4.78, 5) is 0.374. The Morgan fingerprint density at radius 3 is 2.58 bits per heavy atom. The Hall–Kier alpha value is -1.85. The molecule has 1 unspecified atom stereocenters. The van der Waals surface area contributed by atoms with Crippen molar-refractivity contribution in [3.63, 3.8) is 0 Å². The highest BCUT2D eigenvalue weighted by molar-refractivity contribution is 7.89. The summed E-state index contributed by atoms with van der Waals surface area (Å²) in [7, 11) is -1.79. The van der Waals surface area contributed by atoms with Crippen LogP contribution in [0.1, 0.15) is 29.9 Å². The molecular formula is C19H23NO3S. The smallest absolute Gasteiger partial charge is 0.243 e. The Labute approximate surface area is 144 Å². The van der Waals surface area contributed by atoms with E-state index in [1.165, 1.54) is 0 Å². The van der Waals surface area contributed by atoms with Crippen LogP contribution in [0.4, 0.5) is 0 Å². The normalized spacial score (nSPS) is 19.2. The molecule has 0 N–H and O–H groups in total. The molecule has 0 aromatic heterocycles. The molecule has 2 aromatic carbocycles. The van der Waals surface area contributed by atoms with Crippen LogP contribution >= 0.6 is 0 Å². The highest BCUT2D eigenvalue weighted by Crippen LogP contribution is 2.31. The molecule has 0 radical (unpaired) electrons. The van der Waals surface area contributed by atoms with E-state index in [1.807, 2.05) is 37.3 Å². The zero-order valence-corrected chi connectivity index (χ0v) is 14.9. The number of rotatable bonds is 4. The fourth-order valence-corrected chi connectivity index (χ4v) is 4.71. The Bertz CT molecular complexity index is 800. The van der Waals surface area contributed by atoms with E-state index in [1.54, 1.807) is 23.5 Å². The van der Waals surface area contributed by atoms with Gasteiger partial charge in [0.2, 0.25) is 10.0 Å². The van der Waals surface area contributed by atoms with Gasteiger partial charge in [-0.3, -0.25) is 0 Å². The van der Waals surface area contributed by atoms with Gasteiger partial charge >= 0.3 is 0 Å². The van der Waals surface area contributed by atoms with Gasteiger partial charge in [-0.2, -0.15) is 4.31 Å². The van der Waals surface area contributed by atoms with Crippen molar-refractivity contribution in [3.8, 4) is 5.75 Å². The average Bonchev–Trinajstić information content (AvgIpc) is 2.62. The van der Waals surface area contributed by atoms with Crippen molar-refractivity contribution < 1.29 is 13.2 Å². The van der Waals surface area contributed by atoms with Crippen molar-refractivity contribution in [2.24, 2.45) is 0 Å². The van der Waals surface area contributed by atoms with Crippen molar-refractivity contribution in [2.45, 2.75) is 30.6 Å². The van der Waals surface area contributed by atoms with Crippen molar-refractivity contribution in [2.75, 3.05) is 20.2 Å². The second-order valence-corrected chi connectivity index (χ2v) is 8.23. The molecule has 5 heteroatoms. The van der Waals surface area contributed by atoms with E-state index >= 15 is 0 Å². The SMILES string of the molecule is COc1cccc(C2CCCN(S(=O)(=O)c3ccc(C)cc3)C2)c1. The predicted molar refractivity (Wildman–Crippen MR) is 94.9 cm³/mol. The van der Waals surface area contributed by atoms with Crippen LogP contribution in [0.15, 0.2) is 53.4 Å². The van der Waals surface area contributed by atoms with E-state index in [0.717, 1.165) is 29.7 Å². The summed E-state index contributed by atoms with van der Waals surface area (Å²) in [5.74, 6) is 1.01. The molecule has 1 saturated heterocycles. The minimum atomic E-state index is -3.43. The highest BCUT2D eigenvalue weighted by Gasteiger charge is 2.30. The number of hydrogen-bond donors (Lipinski definition) is 0. The molecule has 128 valence electrons. The number of aryl methyl sites for hydroxylation is 1. The van der Waals surface area contributed by atoms with Gasteiger partial charge in [-0.15, -0.1) is 0 Å². The van der Waals surface area contributed by atoms with E-state index in [-0.39, 0.29) is 5.92 Å². The van der Waals surface area contributed by atoms with E-state index < -0.39 is 10.0 Å². The largest absolute Gasteiger partial charge is 0.497 e. The Morgan fingerprint density at radius 1 is 1.12 bits per heavy atom. The van der Waals surface area contributed by atoms with Gasteiger partial charge in [0, 0.05) is 13.1 Å². The zero-order valence-electron chi connectivity index (χ0n) is 14.1. The van der Waals surface area contributed by atoms with E-state index in [4.69, 9.17) is 4.74 Å². The van der Waals surface area contributed by atoms with Gasteiger partial charge in [-0.05, 0) is 55.5 Å². The zero-order chi connectivity index (χ0) is 17.2. The number of methoxy groups -OCH3 is 1. The monoisotopic (exact) mass is 345 g/mol. The molecule has 1 atom stereocenters. The molecule has 0 spiro atoms. The maximum absolute atomic E-state index is 12.9. The van der Waals surface area contributed by atoms with Crippen LogP contribution in [0.2, 0.25) is 0 Å². The van der Waals surface area contributed by atoms with Crippen LogP contribution in [0.5, 0.6) is 5.75 Å². The van der Waals surface area contributed by atoms with Gasteiger partial charge in [-0.1, -0.05) is 29.8 Å². The lowest BCUT2D eigenvalue weighted by Crippen LogP contribution is -2.39. The van der Waals surface area contributed by atoms with E-state index in [9.17, 15) is 8.42 Å². The lowest BCUT2D eigenvalue weighted by molar-refractivity contribution is 0.315. The first kappa shape index (κ1) is 17.0. The molecule has 1 heterocycles. The van der Waals surface area contributed by atoms with Gasteiger partial charge in [0.05, 0.1) is 12.0 Å². The second kappa shape index (κ2) is 6.95. The molecule has 1 aliphatic rings. The summed E-state index contributed by atoms with van der Waals surface area (Å²) < 4.78 is 32.7. The first-order valence-electron chi connectivity index (χ1n) is 8.21. The number of sulfonamides is 1. The number of piperidine rings is 1. The van der Waals surface area contributed by atoms with Crippen LogP contribution in [0, 0.1) is 6.92 Å². The summed E-state index contributed by atoms with van der Waals surface area (Å²) >= 11 is 0. The fraction of sp³-hybridized carbons (Fsp3) is 0.368. The summed E-state index contributed by atoms with van der Waals surface area (Å²) in [6.45, 7) is 3.05. The fourth-order valence-electron chi connectivity index (χ4n) is 3.19. The van der Waals surface area contributed by atoms with Gasteiger partial charge in [0.15, 0.2) is 0 Å². The molecule has 0 bridgehead atoms. The first-order chi connectivity index (χ1) is 11.5. The lowest BCUT2D eigenvalue weighted by Gasteiger charge is -2.32. The van der Waals surface area contributed by atoms with E-state index in [2.05, 4.69) is 6.07 Å². The first-order valence-corrected chi connectivity index (χ1v) is 9.65. The minimum absolute atomic E-state index is 0.203. The van der Waals surface area contributed by atoms with Crippen molar-refractivity contribution >= 4 is 10.0 Å². The third-order valence-electron chi connectivity index (χ3n) is 4.61. The number of benzene rings is 2. The summed E-state index contributed by atoms with van der Waals surface area (Å²) in [5.41, 5.74) is 2.19. The summed E-state index contributed by atoms with van der Waals surface area (Å²) in [5, 5.41) is 0. The highest BCUT2D eigenvalue weighted by atomic mass is 32.2. The third-order valence-corrected chi connectivity index (χ3v) is 6.49. The number of ether oxygens (including phenoxy) is 1. The molecule has 1 aliphatic heterocycles. The van der Waals surface area contributed by atoms with Gasteiger partial charge in [-0.25, -0.2) is 8.42 Å². The maximum Gasteiger partial charge on any atom is 0.243 e. The third kappa shape index (κ3) is 3.47. The number of hydrogen-bond acceptors (Lipinski definition) is 3. The Morgan fingerprint density at radius 2 is 1.88 bits per heavy atom. The van der Waals surface area contributed by atoms with Crippen LogP contribution in [-0.2, 0) is 10.0 Å². The molecular weight excluding hydrogens is 322 g/mol. The molecule has 0 saturated carbocycles. The van der Waals surface area contributed by atoms with Gasteiger partial charge in [0.25, 0.3) is 0 Å². The standard InChI is InChI=1S/C19H23NO3S/c1-15-8-10-19(11-9-15)24(21,22)20-12-4-6-17(14-20)16-5-3-7-18(13-16)23-2/h3,5,7-11,13,17H,4,6,12,14H2,1-2H3. The van der Waals surface area contributed by atoms with Crippen molar-refractivity contribution in [3.05, 3.63) is 59.7 Å². The van der Waals surface area contributed by atoms with Crippen LogP contribution in [0.3, 0.4) is 0 Å². The molecule has 2 aromatic rings. The topological polar surface area (TPSA) is 46.6 Å². The summed E-state index contributed by atoms with van der Waals surface area (Å²) in [6.07, 6.45) is 1.86. The average molecular weight is 345 g/mol. The Kier molecular flexibility index (Phi) is 4.92. The van der Waals surface area contributed by atoms with E-state index in [0.29, 0.717) is 18.0 Å². The van der Waals surface area contributed by atoms with Crippen molar-refractivity contribution in [1.82, 2.24) is 4.31 Å².